The van der Waals surface area contributed by atoms with E-state index in [1.165, 1.54) is 0 Å². The van der Waals surface area contributed by atoms with Gasteiger partial charge in [-0.1, -0.05) is 12.2 Å². The normalized spacial score (nSPS) is 12.1. The summed E-state index contributed by atoms with van der Waals surface area (Å²) >= 11 is 4.73. The zero-order chi connectivity index (χ0) is 11.3. The predicted octanol–water partition coefficient (Wildman–Crippen LogP) is -0.00940. The first kappa shape index (κ1) is 11.6. The van der Waals surface area contributed by atoms with Gasteiger partial charge in [-0.2, -0.15) is 0 Å². The lowest BCUT2D eigenvalue weighted by Crippen LogP contribution is -2.37. The maximum absolute atomic E-state index is 11.4. The molecule has 0 saturated carbocycles. The molecule has 6 heteroatoms. The monoisotopic (exact) mass is 226 g/mol. The SMILES string of the molecule is CC(C(=O)NCCc1cnc[nH]1)C(N)=S. The van der Waals surface area contributed by atoms with Gasteiger partial charge in [0.1, 0.15) is 0 Å². The van der Waals surface area contributed by atoms with Crippen LogP contribution in [-0.2, 0) is 11.2 Å². The van der Waals surface area contributed by atoms with Crippen LogP contribution < -0.4 is 11.1 Å². The minimum absolute atomic E-state index is 0.137. The molecule has 5 nitrogen and oxygen atoms in total. The molecule has 1 heterocycles. The Balaban J connectivity index is 2.26. The van der Waals surface area contributed by atoms with Crippen molar-refractivity contribution < 1.29 is 4.79 Å². The Morgan fingerprint density at radius 2 is 2.53 bits per heavy atom. The van der Waals surface area contributed by atoms with E-state index in [0.29, 0.717) is 6.54 Å². The van der Waals surface area contributed by atoms with Gasteiger partial charge in [-0.3, -0.25) is 4.79 Å². The summed E-state index contributed by atoms with van der Waals surface area (Å²) in [4.78, 5) is 18.4. The molecular formula is C9H14N4OS. The summed E-state index contributed by atoms with van der Waals surface area (Å²) < 4.78 is 0. The Hall–Kier alpha value is -1.43. The van der Waals surface area contributed by atoms with Gasteiger partial charge >= 0.3 is 0 Å². The molecule has 0 radical (unpaired) electrons. The second kappa shape index (κ2) is 5.45. The zero-order valence-electron chi connectivity index (χ0n) is 8.49. The van der Waals surface area contributed by atoms with E-state index in [1.807, 2.05) is 0 Å². The molecule has 15 heavy (non-hydrogen) atoms. The van der Waals surface area contributed by atoms with Crippen LogP contribution in [0.15, 0.2) is 12.5 Å². The zero-order valence-corrected chi connectivity index (χ0v) is 9.30. The summed E-state index contributed by atoms with van der Waals surface area (Å²) in [6, 6.07) is 0. The van der Waals surface area contributed by atoms with E-state index in [0.717, 1.165) is 12.1 Å². The number of hydrogen-bond acceptors (Lipinski definition) is 3. The van der Waals surface area contributed by atoms with Crippen LogP contribution in [0.1, 0.15) is 12.6 Å². The first-order valence-electron chi connectivity index (χ1n) is 4.65. The van der Waals surface area contributed by atoms with E-state index in [-0.39, 0.29) is 10.9 Å². The summed E-state index contributed by atoms with van der Waals surface area (Å²) in [6.45, 7) is 2.24. The third-order valence-electron chi connectivity index (χ3n) is 2.07. The second-order valence-corrected chi connectivity index (χ2v) is 3.71. The van der Waals surface area contributed by atoms with Gasteiger partial charge in [0.2, 0.25) is 5.91 Å². The van der Waals surface area contributed by atoms with Gasteiger partial charge in [0.05, 0.1) is 17.2 Å². The molecule has 0 bridgehead atoms. The lowest BCUT2D eigenvalue weighted by atomic mass is 10.1. The lowest BCUT2D eigenvalue weighted by molar-refractivity contribution is -0.122. The second-order valence-electron chi connectivity index (χ2n) is 3.24. The fourth-order valence-corrected chi connectivity index (χ4v) is 1.13. The van der Waals surface area contributed by atoms with Crippen LogP contribution in [-0.4, -0.2) is 27.4 Å². The highest BCUT2D eigenvalue weighted by atomic mass is 32.1. The van der Waals surface area contributed by atoms with E-state index >= 15 is 0 Å². The highest BCUT2D eigenvalue weighted by Crippen LogP contribution is 1.95. The molecule has 1 unspecified atom stereocenters. The maximum Gasteiger partial charge on any atom is 0.229 e. The van der Waals surface area contributed by atoms with Crippen molar-refractivity contribution in [2.75, 3.05) is 6.54 Å². The number of amides is 1. The highest BCUT2D eigenvalue weighted by Gasteiger charge is 2.14. The van der Waals surface area contributed by atoms with Crippen LogP contribution in [0.3, 0.4) is 0 Å². The van der Waals surface area contributed by atoms with Gasteiger partial charge in [-0.25, -0.2) is 4.98 Å². The number of thiocarbonyl (C=S) groups is 1. The molecule has 1 aromatic rings. The molecule has 1 atom stereocenters. The van der Waals surface area contributed by atoms with Crippen molar-refractivity contribution in [2.45, 2.75) is 13.3 Å². The molecule has 0 saturated heterocycles. The third-order valence-corrected chi connectivity index (χ3v) is 2.42. The number of nitrogens with two attached hydrogens (primary N) is 1. The number of aromatic amines is 1. The van der Waals surface area contributed by atoms with E-state index in [4.69, 9.17) is 18.0 Å². The number of imidazole rings is 1. The first-order valence-corrected chi connectivity index (χ1v) is 5.06. The molecule has 1 amide bonds. The van der Waals surface area contributed by atoms with Crippen LogP contribution in [0.4, 0.5) is 0 Å². The largest absolute Gasteiger partial charge is 0.393 e. The summed E-state index contributed by atoms with van der Waals surface area (Å²) in [5.41, 5.74) is 6.34. The van der Waals surface area contributed by atoms with E-state index in [1.54, 1.807) is 19.4 Å². The van der Waals surface area contributed by atoms with Crippen molar-refractivity contribution in [3.05, 3.63) is 18.2 Å². The van der Waals surface area contributed by atoms with E-state index in [9.17, 15) is 4.79 Å². The number of carbonyl (C=O) groups excluding carboxylic acids is 1. The topological polar surface area (TPSA) is 83.8 Å². The fraction of sp³-hybridized carbons (Fsp3) is 0.444. The fourth-order valence-electron chi connectivity index (χ4n) is 1.02. The Kier molecular flexibility index (Phi) is 4.23. The molecule has 82 valence electrons. The Morgan fingerprint density at radius 1 is 1.80 bits per heavy atom. The van der Waals surface area contributed by atoms with Gasteiger partial charge in [0.15, 0.2) is 0 Å². The summed E-state index contributed by atoms with van der Waals surface area (Å²) in [7, 11) is 0. The predicted molar refractivity (Wildman–Crippen MR) is 61.3 cm³/mol. The number of hydrogen-bond donors (Lipinski definition) is 3. The highest BCUT2D eigenvalue weighted by molar-refractivity contribution is 7.80. The molecular weight excluding hydrogens is 212 g/mol. The molecule has 1 aromatic heterocycles. The Labute approximate surface area is 93.5 Å². The summed E-state index contributed by atoms with van der Waals surface area (Å²) in [5, 5.41) is 2.75. The Morgan fingerprint density at radius 3 is 3.07 bits per heavy atom. The average molecular weight is 226 g/mol. The molecule has 0 aliphatic heterocycles. The van der Waals surface area contributed by atoms with Gasteiger partial charge in [-0.05, 0) is 6.92 Å². The van der Waals surface area contributed by atoms with Crippen LogP contribution in [0.5, 0.6) is 0 Å². The van der Waals surface area contributed by atoms with Gasteiger partial charge in [-0.15, -0.1) is 0 Å². The van der Waals surface area contributed by atoms with Crippen LogP contribution >= 0.6 is 12.2 Å². The number of rotatable bonds is 5. The molecule has 1 rings (SSSR count). The molecule has 4 N–H and O–H groups in total. The van der Waals surface area contributed by atoms with E-state index < -0.39 is 5.92 Å². The average Bonchev–Trinajstić information content (AvgIpc) is 2.69. The van der Waals surface area contributed by atoms with Crippen LogP contribution in [0.25, 0.3) is 0 Å². The molecule has 0 aliphatic carbocycles. The lowest BCUT2D eigenvalue weighted by Gasteiger charge is -2.09. The number of carbonyl (C=O) groups is 1. The minimum Gasteiger partial charge on any atom is -0.393 e. The Bertz CT molecular complexity index is 336. The molecule has 0 spiro atoms. The van der Waals surface area contributed by atoms with Gasteiger partial charge < -0.3 is 16.0 Å². The van der Waals surface area contributed by atoms with Crippen LogP contribution in [0.2, 0.25) is 0 Å². The van der Waals surface area contributed by atoms with Crippen molar-refractivity contribution in [2.24, 2.45) is 11.7 Å². The number of nitrogens with one attached hydrogen (secondary N) is 2. The standard InChI is InChI=1S/C9H14N4OS/c1-6(8(10)15)9(14)12-3-2-7-4-11-5-13-7/h4-6H,2-3H2,1H3,(H2,10,15)(H,11,13)(H,12,14). The van der Waals surface area contributed by atoms with Crippen LogP contribution in [0, 0.1) is 5.92 Å². The van der Waals surface area contributed by atoms with Gasteiger partial charge in [0.25, 0.3) is 0 Å². The van der Waals surface area contributed by atoms with Crippen molar-refractivity contribution in [1.82, 2.24) is 15.3 Å². The first-order chi connectivity index (χ1) is 7.11. The minimum atomic E-state index is -0.415. The maximum atomic E-state index is 11.4. The van der Waals surface area contributed by atoms with Crippen molar-refractivity contribution >= 4 is 23.1 Å². The molecule has 0 fully saturated rings. The third kappa shape index (κ3) is 3.67. The smallest absolute Gasteiger partial charge is 0.229 e. The van der Waals surface area contributed by atoms with Crippen molar-refractivity contribution in [1.29, 1.82) is 0 Å². The number of aromatic nitrogens is 2. The number of H-pyrrole nitrogens is 1. The quantitative estimate of drug-likeness (QED) is 0.617. The summed E-state index contributed by atoms with van der Waals surface area (Å²) in [5.74, 6) is -0.552. The molecule has 0 aromatic carbocycles. The van der Waals surface area contributed by atoms with E-state index in [2.05, 4.69) is 15.3 Å². The number of nitrogens with zero attached hydrogens (tertiary/aromatic N) is 1. The molecule has 0 aliphatic rings. The van der Waals surface area contributed by atoms with Crippen molar-refractivity contribution in [3.8, 4) is 0 Å². The van der Waals surface area contributed by atoms with Crippen molar-refractivity contribution in [3.63, 3.8) is 0 Å². The summed E-state index contributed by atoms with van der Waals surface area (Å²) in [6.07, 6.45) is 4.05. The van der Waals surface area contributed by atoms with Gasteiger partial charge in [0, 0.05) is 24.9 Å².